The van der Waals surface area contributed by atoms with Gasteiger partial charge in [0, 0.05) is 6.54 Å². The molecule has 0 amide bonds. The van der Waals surface area contributed by atoms with Crippen molar-refractivity contribution in [3.05, 3.63) is 22.2 Å². The van der Waals surface area contributed by atoms with E-state index in [1.54, 1.807) is 6.07 Å². The Kier molecular flexibility index (Phi) is 5.33. The minimum absolute atomic E-state index is 0.0635. The number of rotatable bonds is 5. The zero-order valence-corrected chi connectivity index (χ0v) is 11.5. The summed E-state index contributed by atoms with van der Waals surface area (Å²) in [6, 6.07) is 3.69. The van der Waals surface area contributed by atoms with E-state index in [-0.39, 0.29) is 11.8 Å². The highest BCUT2D eigenvalue weighted by molar-refractivity contribution is 9.10. The van der Waals surface area contributed by atoms with Gasteiger partial charge in [-0.2, -0.15) is 0 Å². The molecule has 1 unspecified atom stereocenters. The fourth-order valence-corrected chi connectivity index (χ4v) is 1.94. The normalized spacial score (nSPS) is 11.9. The summed E-state index contributed by atoms with van der Waals surface area (Å²) in [7, 11) is 1.52. The van der Waals surface area contributed by atoms with Crippen LogP contribution in [0, 0.1) is 12.3 Å². The topological polar surface area (TPSA) is 41.5 Å². The first-order valence-corrected chi connectivity index (χ1v) is 6.16. The number of phenols is 1. The third kappa shape index (κ3) is 3.65. The van der Waals surface area contributed by atoms with E-state index in [0.717, 1.165) is 12.0 Å². The van der Waals surface area contributed by atoms with E-state index >= 15 is 0 Å². The van der Waals surface area contributed by atoms with Crippen molar-refractivity contribution in [3.8, 4) is 23.8 Å². The van der Waals surface area contributed by atoms with Crippen LogP contribution in [-0.4, -0.2) is 18.3 Å². The van der Waals surface area contributed by atoms with Gasteiger partial charge in [0.05, 0.1) is 17.6 Å². The second-order valence-electron chi connectivity index (χ2n) is 3.64. The number of terminal acetylenes is 1. The van der Waals surface area contributed by atoms with Crippen molar-refractivity contribution in [1.29, 1.82) is 0 Å². The molecule has 92 valence electrons. The maximum absolute atomic E-state index is 9.67. The SMILES string of the molecule is C#CC(CC)NCc1cc(Br)c(O)c(OC)c1. The minimum Gasteiger partial charge on any atom is -0.503 e. The van der Waals surface area contributed by atoms with Crippen molar-refractivity contribution in [3.63, 3.8) is 0 Å². The van der Waals surface area contributed by atoms with Gasteiger partial charge in [-0.25, -0.2) is 0 Å². The lowest BCUT2D eigenvalue weighted by Crippen LogP contribution is -2.26. The van der Waals surface area contributed by atoms with Crippen molar-refractivity contribution < 1.29 is 9.84 Å². The first-order valence-electron chi connectivity index (χ1n) is 5.37. The number of benzene rings is 1. The molecule has 2 N–H and O–H groups in total. The lowest BCUT2D eigenvalue weighted by Gasteiger charge is -2.12. The molecule has 0 saturated carbocycles. The molecule has 0 aliphatic rings. The average molecular weight is 298 g/mol. The summed E-state index contributed by atoms with van der Waals surface area (Å²) < 4.78 is 5.69. The van der Waals surface area contributed by atoms with E-state index in [9.17, 15) is 5.11 Å². The monoisotopic (exact) mass is 297 g/mol. The van der Waals surface area contributed by atoms with E-state index in [1.165, 1.54) is 7.11 Å². The zero-order valence-electron chi connectivity index (χ0n) is 9.96. The van der Waals surface area contributed by atoms with E-state index < -0.39 is 0 Å². The minimum atomic E-state index is 0.0635. The van der Waals surface area contributed by atoms with E-state index in [4.69, 9.17) is 11.2 Å². The first-order chi connectivity index (χ1) is 8.12. The van der Waals surface area contributed by atoms with Gasteiger partial charge in [-0.05, 0) is 40.0 Å². The molecule has 0 fully saturated rings. The molecule has 1 atom stereocenters. The standard InChI is InChI=1S/C13H16BrNO2/c1-4-10(5-2)15-8-9-6-11(14)13(16)12(7-9)17-3/h1,6-7,10,15-16H,5,8H2,2-3H3. The molecule has 0 bridgehead atoms. The number of halogens is 1. The van der Waals surface area contributed by atoms with Gasteiger partial charge < -0.3 is 9.84 Å². The van der Waals surface area contributed by atoms with E-state index in [2.05, 4.69) is 27.2 Å². The van der Waals surface area contributed by atoms with Crippen LogP contribution in [0.25, 0.3) is 0 Å². The summed E-state index contributed by atoms with van der Waals surface area (Å²) in [6.07, 6.45) is 6.25. The first kappa shape index (κ1) is 13.9. The molecule has 0 radical (unpaired) electrons. The highest BCUT2D eigenvalue weighted by Crippen LogP contribution is 2.35. The van der Waals surface area contributed by atoms with Crippen molar-refractivity contribution in [2.45, 2.75) is 25.9 Å². The quantitative estimate of drug-likeness (QED) is 0.821. The molecule has 0 spiro atoms. The fourth-order valence-electron chi connectivity index (χ4n) is 1.45. The molecule has 0 saturated heterocycles. The van der Waals surface area contributed by atoms with Crippen LogP contribution in [0.2, 0.25) is 0 Å². The Labute approximate surface area is 110 Å². The summed E-state index contributed by atoms with van der Waals surface area (Å²) in [5.41, 5.74) is 1.00. The van der Waals surface area contributed by atoms with Crippen LogP contribution in [0.4, 0.5) is 0 Å². The molecule has 17 heavy (non-hydrogen) atoms. The highest BCUT2D eigenvalue weighted by atomic mass is 79.9. The average Bonchev–Trinajstić information content (AvgIpc) is 2.34. The van der Waals surface area contributed by atoms with Gasteiger partial charge in [0.1, 0.15) is 0 Å². The van der Waals surface area contributed by atoms with Gasteiger partial charge in [0.15, 0.2) is 11.5 Å². The summed E-state index contributed by atoms with van der Waals surface area (Å²) >= 11 is 3.28. The number of nitrogens with one attached hydrogen (secondary N) is 1. The molecule has 0 aromatic heterocycles. The van der Waals surface area contributed by atoms with Crippen LogP contribution in [0.5, 0.6) is 11.5 Å². The predicted octanol–water partition coefficient (Wildman–Crippen LogP) is 2.66. The van der Waals surface area contributed by atoms with Crippen LogP contribution in [0.3, 0.4) is 0 Å². The Morgan fingerprint density at radius 2 is 2.29 bits per heavy atom. The van der Waals surface area contributed by atoms with Gasteiger partial charge in [-0.1, -0.05) is 12.8 Å². The number of aromatic hydroxyl groups is 1. The van der Waals surface area contributed by atoms with Crippen LogP contribution in [0.1, 0.15) is 18.9 Å². The summed E-state index contributed by atoms with van der Waals surface area (Å²) in [5.74, 6) is 3.23. The maximum Gasteiger partial charge on any atom is 0.172 e. The second kappa shape index (κ2) is 6.53. The van der Waals surface area contributed by atoms with E-state index in [1.807, 2.05) is 13.0 Å². The molecular formula is C13H16BrNO2. The number of hydrogen-bond donors (Lipinski definition) is 2. The van der Waals surface area contributed by atoms with Crippen molar-refractivity contribution in [2.24, 2.45) is 0 Å². The highest BCUT2D eigenvalue weighted by Gasteiger charge is 2.09. The number of phenolic OH excluding ortho intramolecular Hbond substituents is 1. The number of methoxy groups -OCH3 is 1. The summed E-state index contributed by atoms with van der Waals surface area (Å²) in [5, 5.41) is 12.9. The molecule has 4 heteroatoms. The molecule has 0 aliphatic heterocycles. The smallest absolute Gasteiger partial charge is 0.172 e. The maximum atomic E-state index is 9.67. The Bertz CT molecular complexity index is 426. The molecule has 1 aromatic rings. The third-order valence-electron chi connectivity index (χ3n) is 2.47. The zero-order chi connectivity index (χ0) is 12.8. The van der Waals surface area contributed by atoms with Gasteiger partial charge in [0.25, 0.3) is 0 Å². The van der Waals surface area contributed by atoms with Crippen LogP contribution >= 0.6 is 15.9 Å². The van der Waals surface area contributed by atoms with Crippen molar-refractivity contribution in [1.82, 2.24) is 5.32 Å². The number of hydrogen-bond acceptors (Lipinski definition) is 3. The summed E-state index contributed by atoms with van der Waals surface area (Å²) in [4.78, 5) is 0. The lowest BCUT2D eigenvalue weighted by atomic mass is 10.1. The van der Waals surface area contributed by atoms with Gasteiger partial charge in [0.2, 0.25) is 0 Å². The Hall–Kier alpha value is -1.18. The summed E-state index contributed by atoms with van der Waals surface area (Å²) in [6.45, 7) is 2.67. The predicted molar refractivity (Wildman–Crippen MR) is 72.1 cm³/mol. The Morgan fingerprint density at radius 3 is 2.82 bits per heavy atom. The fraction of sp³-hybridized carbons (Fsp3) is 0.385. The Balaban J connectivity index is 2.79. The second-order valence-corrected chi connectivity index (χ2v) is 4.49. The van der Waals surface area contributed by atoms with Crippen LogP contribution in [-0.2, 0) is 6.54 Å². The molecule has 1 aromatic carbocycles. The van der Waals surface area contributed by atoms with Crippen molar-refractivity contribution >= 4 is 15.9 Å². The lowest BCUT2D eigenvalue weighted by molar-refractivity contribution is 0.371. The van der Waals surface area contributed by atoms with Gasteiger partial charge >= 0.3 is 0 Å². The van der Waals surface area contributed by atoms with Crippen molar-refractivity contribution in [2.75, 3.05) is 7.11 Å². The molecule has 3 nitrogen and oxygen atoms in total. The molecule has 1 rings (SSSR count). The molecular weight excluding hydrogens is 282 g/mol. The Morgan fingerprint density at radius 1 is 1.59 bits per heavy atom. The largest absolute Gasteiger partial charge is 0.503 e. The number of ether oxygens (including phenoxy) is 1. The van der Waals surface area contributed by atoms with Gasteiger partial charge in [-0.3, -0.25) is 5.32 Å². The molecule has 0 aliphatic carbocycles. The van der Waals surface area contributed by atoms with E-state index in [0.29, 0.717) is 16.8 Å². The van der Waals surface area contributed by atoms with Crippen LogP contribution < -0.4 is 10.1 Å². The van der Waals surface area contributed by atoms with Gasteiger partial charge in [-0.15, -0.1) is 6.42 Å². The third-order valence-corrected chi connectivity index (χ3v) is 3.07. The van der Waals surface area contributed by atoms with Crippen LogP contribution in [0.15, 0.2) is 16.6 Å². The molecule has 0 heterocycles.